The lowest BCUT2D eigenvalue weighted by Gasteiger charge is -2.08. The van der Waals surface area contributed by atoms with Crippen LogP contribution in [0.1, 0.15) is 28.1 Å². The van der Waals surface area contributed by atoms with Crippen molar-refractivity contribution in [1.82, 2.24) is 9.78 Å². The summed E-state index contributed by atoms with van der Waals surface area (Å²) in [5.41, 5.74) is 6.18. The fourth-order valence-corrected chi connectivity index (χ4v) is 4.67. The van der Waals surface area contributed by atoms with E-state index in [-0.39, 0.29) is 5.91 Å². The number of hydrogen-bond acceptors (Lipinski definition) is 3. The van der Waals surface area contributed by atoms with Gasteiger partial charge in [-0.15, -0.1) is 0 Å². The first kappa shape index (κ1) is 22.3. The maximum Gasteiger partial charge on any atom is 0.248 e. The molecule has 0 aliphatic carbocycles. The second kappa shape index (κ2) is 9.62. The maximum absolute atomic E-state index is 12.4. The second-order valence-electron chi connectivity index (χ2n) is 6.98. The molecule has 156 valence electrons. The number of benzene rings is 2. The van der Waals surface area contributed by atoms with Crippen LogP contribution >= 0.6 is 31.9 Å². The van der Waals surface area contributed by atoms with Crippen LogP contribution in [-0.4, -0.2) is 22.8 Å². The molecule has 0 unspecified atom stereocenters. The van der Waals surface area contributed by atoms with Gasteiger partial charge >= 0.3 is 0 Å². The number of rotatable bonds is 6. The molecule has 1 amide bonds. The van der Waals surface area contributed by atoms with Crippen molar-refractivity contribution in [2.24, 2.45) is 7.05 Å². The molecule has 7 heteroatoms. The van der Waals surface area contributed by atoms with Gasteiger partial charge in [0, 0.05) is 46.5 Å². The lowest BCUT2D eigenvalue weighted by atomic mass is 10.0. The lowest BCUT2D eigenvalue weighted by molar-refractivity contribution is -0.111. The van der Waals surface area contributed by atoms with Gasteiger partial charge in [-0.3, -0.25) is 9.48 Å². The maximum atomic E-state index is 12.4. The quantitative estimate of drug-likeness (QED) is 0.407. The Balaban J connectivity index is 1.67. The first-order valence-electron chi connectivity index (χ1n) is 9.38. The Hall–Kier alpha value is -2.38. The molecule has 1 aromatic heterocycles. The van der Waals surface area contributed by atoms with Crippen LogP contribution in [0.2, 0.25) is 0 Å². The number of nitrogens with zero attached hydrogens (tertiary/aromatic N) is 2. The Morgan fingerprint density at radius 2 is 1.90 bits per heavy atom. The summed E-state index contributed by atoms with van der Waals surface area (Å²) in [5, 5.41) is 7.36. The third kappa shape index (κ3) is 5.21. The van der Waals surface area contributed by atoms with E-state index in [0.29, 0.717) is 5.75 Å². The van der Waals surface area contributed by atoms with Gasteiger partial charge in [0.25, 0.3) is 0 Å². The summed E-state index contributed by atoms with van der Waals surface area (Å²) in [6, 6.07) is 11.7. The van der Waals surface area contributed by atoms with Crippen molar-refractivity contribution < 1.29 is 9.53 Å². The lowest BCUT2D eigenvalue weighted by Crippen LogP contribution is -2.07. The molecule has 2 aromatic carbocycles. The van der Waals surface area contributed by atoms with Gasteiger partial charge in [0.1, 0.15) is 5.75 Å². The van der Waals surface area contributed by atoms with Crippen LogP contribution in [0, 0.1) is 13.8 Å². The van der Waals surface area contributed by atoms with E-state index in [2.05, 4.69) is 49.2 Å². The summed E-state index contributed by atoms with van der Waals surface area (Å²) >= 11 is 6.92. The van der Waals surface area contributed by atoms with E-state index >= 15 is 0 Å². The summed E-state index contributed by atoms with van der Waals surface area (Å²) in [4.78, 5) is 12.4. The van der Waals surface area contributed by atoms with Crippen LogP contribution < -0.4 is 10.1 Å². The molecule has 0 saturated carbocycles. The highest BCUT2D eigenvalue weighted by molar-refractivity contribution is 9.11. The monoisotopic (exact) mass is 531 g/mol. The van der Waals surface area contributed by atoms with Crippen LogP contribution in [0.3, 0.4) is 0 Å². The summed E-state index contributed by atoms with van der Waals surface area (Å²) in [5.74, 6) is 0.465. The van der Waals surface area contributed by atoms with Gasteiger partial charge < -0.3 is 10.1 Å². The van der Waals surface area contributed by atoms with Gasteiger partial charge in [0.15, 0.2) is 0 Å². The van der Waals surface area contributed by atoms with Gasteiger partial charge in [-0.1, -0.05) is 28.1 Å². The molecule has 0 fully saturated rings. The molecule has 0 aliphatic heterocycles. The normalized spacial score (nSPS) is 11.1. The number of methoxy groups -OCH3 is 1. The number of carbonyl (C=O) groups excluding carboxylic acids is 1. The minimum absolute atomic E-state index is 0.208. The summed E-state index contributed by atoms with van der Waals surface area (Å²) < 4.78 is 9.02. The Labute approximate surface area is 193 Å². The predicted octanol–water partition coefficient (Wildman–Crippen LogP) is 5.81. The SMILES string of the molecule is COc1c(Br)cc(Br)cc1/C=C/C(=O)Nc1ccc(Cc2c(C)nn(C)c2C)cc1. The van der Waals surface area contributed by atoms with E-state index < -0.39 is 0 Å². The van der Waals surface area contributed by atoms with Gasteiger partial charge in [0.05, 0.1) is 17.3 Å². The largest absolute Gasteiger partial charge is 0.495 e. The van der Waals surface area contributed by atoms with Crippen molar-refractivity contribution in [1.29, 1.82) is 0 Å². The molecule has 1 heterocycles. The summed E-state index contributed by atoms with van der Waals surface area (Å²) in [6.07, 6.45) is 4.04. The Morgan fingerprint density at radius 1 is 1.20 bits per heavy atom. The van der Waals surface area contributed by atoms with Crippen LogP contribution in [0.4, 0.5) is 5.69 Å². The second-order valence-corrected chi connectivity index (χ2v) is 8.75. The molecule has 0 saturated heterocycles. The minimum atomic E-state index is -0.208. The van der Waals surface area contributed by atoms with Crippen LogP contribution in [0.5, 0.6) is 5.75 Å². The zero-order chi connectivity index (χ0) is 21.8. The molecular formula is C23H23Br2N3O2. The fourth-order valence-electron chi connectivity index (χ4n) is 3.25. The topological polar surface area (TPSA) is 56.1 Å². The van der Waals surface area contributed by atoms with Crippen molar-refractivity contribution in [3.63, 3.8) is 0 Å². The fraction of sp³-hybridized carbons (Fsp3) is 0.217. The smallest absolute Gasteiger partial charge is 0.248 e. The van der Waals surface area contributed by atoms with Gasteiger partial charge in [-0.25, -0.2) is 0 Å². The van der Waals surface area contributed by atoms with Crippen LogP contribution in [-0.2, 0) is 18.3 Å². The molecule has 3 rings (SSSR count). The molecule has 3 aromatic rings. The van der Waals surface area contributed by atoms with Crippen molar-refractivity contribution in [2.75, 3.05) is 12.4 Å². The molecule has 0 radical (unpaired) electrons. The van der Waals surface area contributed by atoms with Gasteiger partial charge in [0.2, 0.25) is 5.91 Å². The van der Waals surface area contributed by atoms with Crippen molar-refractivity contribution >= 4 is 49.5 Å². The summed E-state index contributed by atoms with van der Waals surface area (Å²) in [6.45, 7) is 4.11. The van der Waals surface area contributed by atoms with Crippen LogP contribution in [0.25, 0.3) is 6.08 Å². The van der Waals surface area contributed by atoms with Crippen molar-refractivity contribution in [3.8, 4) is 5.75 Å². The molecule has 0 atom stereocenters. The number of aromatic nitrogens is 2. The average Bonchev–Trinajstić information content (AvgIpc) is 2.93. The number of aryl methyl sites for hydroxylation is 2. The highest BCUT2D eigenvalue weighted by atomic mass is 79.9. The molecule has 0 aliphatic rings. The number of ether oxygens (including phenoxy) is 1. The highest BCUT2D eigenvalue weighted by Crippen LogP contribution is 2.33. The minimum Gasteiger partial charge on any atom is -0.495 e. The first-order chi connectivity index (χ1) is 14.3. The molecule has 0 spiro atoms. The number of halogens is 2. The Morgan fingerprint density at radius 3 is 2.50 bits per heavy atom. The predicted molar refractivity (Wildman–Crippen MR) is 128 cm³/mol. The third-order valence-electron chi connectivity index (χ3n) is 4.92. The average molecular weight is 533 g/mol. The van der Waals surface area contributed by atoms with E-state index in [1.807, 2.05) is 55.1 Å². The van der Waals surface area contributed by atoms with Gasteiger partial charge in [-0.2, -0.15) is 5.10 Å². The molecular weight excluding hydrogens is 510 g/mol. The van der Waals surface area contributed by atoms with Crippen molar-refractivity contribution in [2.45, 2.75) is 20.3 Å². The summed E-state index contributed by atoms with van der Waals surface area (Å²) in [7, 11) is 3.56. The number of hydrogen-bond donors (Lipinski definition) is 1. The number of carbonyl (C=O) groups is 1. The molecule has 5 nitrogen and oxygen atoms in total. The highest BCUT2D eigenvalue weighted by Gasteiger charge is 2.10. The molecule has 1 N–H and O–H groups in total. The standard InChI is InChI=1S/C23H23Br2N3O2/c1-14-20(15(2)28(3)27-14)11-16-5-8-19(9-6-16)26-22(29)10-7-17-12-18(24)13-21(25)23(17)30-4/h5-10,12-13H,11H2,1-4H3,(H,26,29)/b10-7+. The number of anilines is 1. The van der Waals surface area contributed by atoms with E-state index in [4.69, 9.17) is 4.74 Å². The molecule has 30 heavy (non-hydrogen) atoms. The van der Waals surface area contributed by atoms with Gasteiger partial charge in [-0.05, 0) is 65.7 Å². The number of amides is 1. The Kier molecular flexibility index (Phi) is 7.15. The van der Waals surface area contributed by atoms with E-state index in [0.717, 1.165) is 32.3 Å². The third-order valence-corrected chi connectivity index (χ3v) is 5.96. The van der Waals surface area contributed by atoms with Crippen LogP contribution in [0.15, 0.2) is 51.4 Å². The zero-order valence-corrected chi connectivity index (χ0v) is 20.5. The zero-order valence-electron chi connectivity index (χ0n) is 17.3. The number of nitrogens with one attached hydrogen (secondary N) is 1. The molecule has 0 bridgehead atoms. The van der Waals surface area contributed by atoms with E-state index in [1.54, 1.807) is 13.2 Å². The van der Waals surface area contributed by atoms with Crippen molar-refractivity contribution in [3.05, 3.63) is 79.5 Å². The first-order valence-corrected chi connectivity index (χ1v) is 11.0. The Bertz CT molecular complexity index is 1100. The van der Waals surface area contributed by atoms with E-state index in [9.17, 15) is 4.79 Å². The van der Waals surface area contributed by atoms with E-state index in [1.165, 1.54) is 22.9 Å².